The van der Waals surface area contributed by atoms with Crippen molar-refractivity contribution in [2.45, 2.75) is 26.8 Å². The summed E-state index contributed by atoms with van der Waals surface area (Å²) in [6.45, 7) is 4.93. The molecule has 0 aliphatic heterocycles. The van der Waals surface area contributed by atoms with Crippen molar-refractivity contribution in [3.63, 3.8) is 0 Å². The quantitative estimate of drug-likeness (QED) is 0.407. The van der Waals surface area contributed by atoms with Crippen LogP contribution < -0.4 is 9.54 Å². The molecule has 146 valence electrons. The molecule has 0 aliphatic carbocycles. The van der Waals surface area contributed by atoms with Gasteiger partial charge in [-0.05, 0) is 65.2 Å². The number of aryl methyl sites for hydroxylation is 1. The molecular formula is C21H20Br2N2O2S. The third kappa shape index (κ3) is 4.31. The predicted molar refractivity (Wildman–Crippen MR) is 121 cm³/mol. The molecule has 4 nitrogen and oxygen atoms in total. The highest BCUT2D eigenvalue weighted by Crippen LogP contribution is 2.28. The van der Waals surface area contributed by atoms with Gasteiger partial charge in [-0.15, -0.1) is 11.3 Å². The smallest absolute Gasteiger partial charge is 0.279 e. The Kier molecular flexibility index (Phi) is 6.91. The first-order valence-electron chi connectivity index (χ1n) is 8.89. The molecule has 0 atom stereocenters. The second-order valence-electron chi connectivity index (χ2n) is 6.03. The van der Waals surface area contributed by atoms with Gasteiger partial charge in [-0.3, -0.25) is 4.79 Å². The van der Waals surface area contributed by atoms with Crippen LogP contribution in [0.2, 0.25) is 0 Å². The van der Waals surface area contributed by atoms with Crippen LogP contribution in [0.1, 0.15) is 29.1 Å². The molecule has 0 radical (unpaired) electrons. The Labute approximate surface area is 185 Å². The first-order chi connectivity index (χ1) is 13.5. The topological polar surface area (TPSA) is 43.6 Å². The molecule has 1 aromatic heterocycles. The van der Waals surface area contributed by atoms with Gasteiger partial charge in [0, 0.05) is 21.5 Å². The van der Waals surface area contributed by atoms with Crippen LogP contribution in [0.4, 0.5) is 0 Å². The monoisotopic (exact) mass is 522 g/mol. The third-order valence-corrected chi connectivity index (χ3v) is 6.70. The van der Waals surface area contributed by atoms with Crippen molar-refractivity contribution in [3.05, 3.63) is 66.7 Å². The summed E-state index contributed by atoms with van der Waals surface area (Å²) in [7, 11) is 1.59. The third-order valence-electron chi connectivity index (χ3n) is 4.33. The molecule has 2 aromatic carbocycles. The average molecular weight is 524 g/mol. The van der Waals surface area contributed by atoms with Crippen molar-refractivity contribution < 1.29 is 9.53 Å². The normalized spacial score (nSPS) is 11.7. The van der Waals surface area contributed by atoms with Gasteiger partial charge in [-0.1, -0.05) is 35.0 Å². The number of nitrogens with zero attached hydrogens (tertiary/aromatic N) is 2. The van der Waals surface area contributed by atoms with Crippen LogP contribution in [-0.4, -0.2) is 17.6 Å². The summed E-state index contributed by atoms with van der Waals surface area (Å²) in [5.74, 6) is 0.416. The number of benzene rings is 2. The van der Waals surface area contributed by atoms with E-state index in [9.17, 15) is 4.79 Å². The van der Waals surface area contributed by atoms with Crippen LogP contribution >= 0.6 is 43.2 Å². The lowest BCUT2D eigenvalue weighted by Gasteiger charge is -2.08. The van der Waals surface area contributed by atoms with Gasteiger partial charge in [-0.2, -0.15) is 4.99 Å². The van der Waals surface area contributed by atoms with Crippen molar-refractivity contribution >= 4 is 49.1 Å². The summed E-state index contributed by atoms with van der Waals surface area (Å²) >= 11 is 8.49. The van der Waals surface area contributed by atoms with E-state index in [1.165, 1.54) is 4.88 Å². The van der Waals surface area contributed by atoms with Gasteiger partial charge < -0.3 is 9.30 Å². The lowest BCUT2D eigenvalue weighted by Crippen LogP contribution is -2.17. The van der Waals surface area contributed by atoms with Gasteiger partial charge in [0.25, 0.3) is 5.91 Å². The second kappa shape index (κ2) is 9.20. The van der Waals surface area contributed by atoms with Gasteiger partial charge in [0.2, 0.25) is 0 Å². The molecular weight excluding hydrogens is 504 g/mol. The SMILES string of the molecule is CCc1sc(=NC(=O)c2ccc(OC)c(Br)c2)n(CC)c1-c1ccc(Br)cc1. The number of halogens is 2. The lowest BCUT2D eigenvalue weighted by molar-refractivity contribution is 0.0997. The number of carbonyl (C=O) groups excluding carboxylic acids is 1. The van der Waals surface area contributed by atoms with E-state index in [2.05, 4.69) is 67.4 Å². The van der Waals surface area contributed by atoms with Gasteiger partial charge in [0.05, 0.1) is 17.3 Å². The van der Waals surface area contributed by atoms with E-state index in [1.807, 2.05) is 12.1 Å². The number of ether oxygens (including phenoxy) is 1. The number of rotatable bonds is 5. The van der Waals surface area contributed by atoms with Crippen molar-refractivity contribution in [3.8, 4) is 17.0 Å². The largest absolute Gasteiger partial charge is 0.496 e. The number of thiazole rings is 1. The maximum Gasteiger partial charge on any atom is 0.279 e. The van der Waals surface area contributed by atoms with Crippen molar-refractivity contribution in [2.75, 3.05) is 7.11 Å². The Balaban J connectivity index is 2.10. The van der Waals surface area contributed by atoms with E-state index in [0.29, 0.717) is 16.1 Å². The molecule has 3 rings (SSSR count). The summed E-state index contributed by atoms with van der Waals surface area (Å²) in [6, 6.07) is 13.5. The van der Waals surface area contributed by atoms with Gasteiger partial charge in [0.1, 0.15) is 5.75 Å². The molecule has 0 saturated carbocycles. The molecule has 7 heteroatoms. The van der Waals surface area contributed by atoms with Crippen LogP contribution in [0.3, 0.4) is 0 Å². The average Bonchev–Trinajstić information content (AvgIpc) is 3.05. The summed E-state index contributed by atoms with van der Waals surface area (Å²) < 4.78 is 9.12. The Morgan fingerprint density at radius 2 is 1.86 bits per heavy atom. The summed E-state index contributed by atoms with van der Waals surface area (Å²) in [5, 5.41) is 0. The highest BCUT2D eigenvalue weighted by molar-refractivity contribution is 9.10. The van der Waals surface area contributed by atoms with Crippen LogP contribution in [0.5, 0.6) is 5.75 Å². The minimum atomic E-state index is -0.267. The van der Waals surface area contributed by atoms with Crippen molar-refractivity contribution in [2.24, 2.45) is 4.99 Å². The molecule has 0 N–H and O–H groups in total. The van der Waals surface area contributed by atoms with Crippen LogP contribution in [0.25, 0.3) is 11.3 Å². The maximum atomic E-state index is 12.8. The number of methoxy groups -OCH3 is 1. The zero-order valence-electron chi connectivity index (χ0n) is 15.8. The molecule has 0 saturated heterocycles. The van der Waals surface area contributed by atoms with E-state index in [-0.39, 0.29) is 5.91 Å². The number of amides is 1. The molecule has 0 fully saturated rings. The van der Waals surface area contributed by atoms with E-state index >= 15 is 0 Å². The standard InChI is InChI=1S/C21H20Br2N2O2S/c1-4-18-19(13-6-9-15(22)10-7-13)25(5-2)21(28-18)24-20(26)14-8-11-17(27-3)16(23)12-14/h6-12H,4-5H2,1-3H3. The van der Waals surface area contributed by atoms with E-state index < -0.39 is 0 Å². The Hall–Kier alpha value is -1.70. The molecule has 1 heterocycles. The fourth-order valence-corrected chi connectivity index (χ4v) is 4.90. The Morgan fingerprint density at radius 3 is 2.43 bits per heavy atom. The van der Waals surface area contributed by atoms with Gasteiger partial charge >= 0.3 is 0 Å². The van der Waals surface area contributed by atoms with E-state index in [1.54, 1.807) is 36.6 Å². The molecule has 0 bridgehead atoms. The summed E-state index contributed by atoms with van der Waals surface area (Å²) in [4.78, 5) is 19.2. The molecule has 1 amide bonds. The molecule has 28 heavy (non-hydrogen) atoms. The minimum Gasteiger partial charge on any atom is -0.496 e. The zero-order valence-corrected chi connectivity index (χ0v) is 19.8. The fraction of sp³-hybridized carbons (Fsp3) is 0.238. The second-order valence-corrected chi connectivity index (χ2v) is 8.86. The molecule has 0 unspecified atom stereocenters. The number of hydrogen-bond acceptors (Lipinski definition) is 3. The predicted octanol–water partition coefficient (Wildman–Crippen LogP) is 6.07. The first-order valence-corrected chi connectivity index (χ1v) is 11.3. The molecule has 0 aliphatic rings. The lowest BCUT2D eigenvalue weighted by atomic mass is 10.1. The number of hydrogen-bond donors (Lipinski definition) is 0. The van der Waals surface area contributed by atoms with Gasteiger partial charge in [0.15, 0.2) is 4.80 Å². The van der Waals surface area contributed by atoms with Crippen LogP contribution in [0, 0.1) is 0 Å². The summed E-state index contributed by atoms with van der Waals surface area (Å²) in [6.07, 6.45) is 0.883. The zero-order chi connectivity index (χ0) is 20.3. The van der Waals surface area contributed by atoms with Crippen molar-refractivity contribution in [1.29, 1.82) is 0 Å². The highest BCUT2D eigenvalue weighted by Gasteiger charge is 2.15. The Bertz CT molecular complexity index is 1070. The highest BCUT2D eigenvalue weighted by atomic mass is 79.9. The molecule has 0 spiro atoms. The number of carbonyl (C=O) groups is 1. The van der Waals surface area contributed by atoms with Crippen LogP contribution in [0.15, 0.2) is 56.4 Å². The minimum absolute atomic E-state index is 0.267. The van der Waals surface area contributed by atoms with E-state index in [4.69, 9.17) is 4.74 Å². The van der Waals surface area contributed by atoms with Crippen molar-refractivity contribution in [1.82, 2.24) is 4.57 Å². The first kappa shape index (κ1) is 21.0. The summed E-state index contributed by atoms with van der Waals surface area (Å²) in [5.41, 5.74) is 2.77. The number of aromatic nitrogens is 1. The van der Waals surface area contributed by atoms with Gasteiger partial charge in [-0.25, -0.2) is 0 Å². The van der Waals surface area contributed by atoms with Crippen LogP contribution in [-0.2, 0) is 13.0 Å². The van der Waals surface area contributed by atoms with E-state index in [0.717, 1.165) is 33.2 Å². The molecule has 3 aromatic rings. The fourth-order valence-electron chi connectivity index (χ4n) is 2.95. The Morgan fingerprint density at radius 1 is 1.14 bits per heavy atom. The maximum absolute atomic E-state index is 12.8.